The van der Waals surface area contributed by atoms with E-state index in [0.717, 1.165) is 16.8 Å². The highest BCUT2D eigenvalue weighted by molar-refractivity contribution is 6.03. The molecule has 1 amide bonds. The normalized spacial score (nSPS) is 10.7. The third kappa shape index (κ3) is 5.44. The second-order valence-electron chi connectivity index (χ2n) is 6.01. The zero-order valence-electron chi connectivity index (χ0n) is 14.7. The van der Waals surface area contributed by atoms with Crippen molar-refractivity contribution < 1.29 is 9.18 Å². The summed E-state index contributed by atoms with van der Waals surface area (Å²) < 4.78 is 12.9. The van der Waals surface area contributed by atoms with Crippen LogP contribution in [0.4, 0.5) is 21.5 Å². The smallest absolute Gasteiger partial charge is 0.248 e. The van der Waals surface area contributed by atoms with Crippen LogP contribution in [0, 0.1) is 5.82 Å². The van der Waals surface area contributed by atoms with Crippen molar-refractivity contribution in [2.45, 2.75) is 6.54 Å². The maximum Gasteiger partial charge on any atom is 0.248 e. The average molecular weight is 361 g/mol. The number of anilines is 3. The number of nitrogen functional groups attached to an aromatic ring is 1. The van der Waals surface area contributed by atoms with E-state index in [2.05, 4.69) is 10.6 Å². The first-order chi connectivity index (χ1) is 13.1. The minimum Gasteiger partial charge on any atom is -0.397 e. The summed E-state index contributed by atoms with van der Waals surface area (Å²) in [6, 6.07) is 21.2. The van der Waals surface area contributed by atoms with Gasteiger partial charge in [0.25, 0.3) is 0 Å². The number of hydrogen-bond acceptors (Lipinski definition) is 3. The molecule has 0 aliphatic rings. The highest BCUT2D eigenvalue weighted by Crippen LogP contribution is 2.17. The molecule has 0 aromatic heterocycles. The van der Waals surface area contributed by atoms with Gasteiger partial charge >= 0.3 is 0 Å². The number of rotatable bonds is 6. The number of carbonyl (C=O) groups is 1. The number of nitrogens with two attached hydrogens (primary N) is 1. The van der Waals surface area contributed by atoms with Crippen molar-refractivity contribution in [3.63, 3.8) is 0 Å². The minimum absolute atomic E-state index is 0.241. The van der Waals surface area contributed by atoms with Crippen LogP contribution in [0.5, 0.6) is 0 Å². The Morgan fingerprint density at radius 2 is 1.67 bits per heavy atom. The monoisotopic (exact) mass is 361 g/mol. The maximum atomic E-state index is 12.9. The molecule has 0 atom stereocenters. The van der Waals surface area contributed by atoms with Gasteiger partial charge in [-0.05, 0) is 53.6 Å². The van der Waals surface area contributed by atoms with Crippen LogP contribution in [0.3, 0.4) is 0 Å². The first kappa shape index (κ1) is 18.2. The third-order valence-corrected chi connectivity index (χ3v) is 3.97. The van der Waals surface area contributed by atoms with Gasteiger partial charge in [-0.3, -0.25) is 4.79 Å². The van der Waals surface area contributed by atoms with Crippen LogP contribution in [-0.2, 0) is 11.3 Å². The molecule has 4 nitrogen and oxygen atoms in total. The number of carbonyl (C=O) groups excluding carboxylic acids is 1. The fourth-order valence-corrected chi connectivity index (χ4v) is 2.48. The fraction of sp³-hybridized carbons (Fsp3) is 0.0455. The van der Waals surface area contributed by atoms with Crippen molar-refractivity contribution in [1.29, 1.82) is 0 Å². The molecule has 0 aliphatic carbocycles. The van der Waals surface area contributed by atoms with Gasteiger partial charge in [-0.15, -0.1) is 0 Å². The summed E-state index contributed by atoms with van der Waals surface area (Å²) in [5.41, 5.74) is 9.78. The Hall–Kier alpha value is -3.60. The molecule has 0 aliphatic heterocycles. The van der Waals surface area contributed by atoms with E-state index in [4.69, 9.17) is 5.73 Å². The van der Waals surface area contributed by atoms with Crippen LogP contribution in [-0.4, -0.2) is 5.91 Å². The summed E-state index contributed by atoms with van der Waals surface area (Å²) in [5.74, 6) is -0.495. The molecule has 0 radical (unpaired) electrons. The number of para-hydroxylation sites is 2. The molecule has 0 fully saturated rings. The molecule has 0 spiro atoms. The van der Waals surface area contributed by atoms with Crippen LogP contribution in [0.1, 0.15) is 11.1 Å². The summed E-state index contributed by atoms with van der Waals surface area (Å²) in [6.45, 7) is 0.628. The molecule has 0 bridgehead atoms. The molecular weight excluding hydrogens is 341 g/mol. The molecule has 0 unspecified atom stereocenters. The van der Waals surface area contributed by atoms with E-state index in [-0.39, 0.29) is 11.7 Å². The quantitative estimate of drug-likeness (QED) is 0.441. The Labute approximate surface area is 157 Å². The molecule has 5 heteroatoms. The van der Waals surface area contributed by atoms with Gasteiger partial charge in [0.1, 0.15) is 5.82 Å². The molecule has 3 aromatic carbocycles. The van der Waals surface area contributed by atoms with Gasteiger partial charge < -0.3 is 16.4 Å². The molecule has 136 valence electrons. The summed E-state index contributed by atoms with van der Waals surface area (Å²) in [7, 11) is 0. The standard InChI is InChI=1S/C22H20FN3O/c23-18-10-12-19(13-11-18)25-15-17-7-5-16(6-8-17)9-14-22(27)26-21-4-2-1-3-20(21)24/h1-14,25H,15,24H2,(H,26,27)/b14-9+. The lowest BCUT2D eigenvalue weighted by molar-refractivity contribution is -0.111. The van der Waals surface area contributed by atoms with E-state index >= 15 is 0 Å². The number of nitrogens with one attached hydrogen (secondary N) is 2. The van der Waals surface area contributed by atoms with E-state index in [1.54, 1.807) is 30.3 Å². The highest BCUT2D eigenvalue weighted by Gasteiger charge is 2.01. The van der Waals surface area contributed by atoms with E-state index in [0.29, 0.717) is 17.9 Å². The molecular formula is C22H20FN3O. The Morgan fingerprint density at radius 1 is 0.963 bits per heavy atom. The van der Waals surface area contributed by atoms with Gasteiger partial charge in [-0.25, -0.2) is 4.39 Å². The Balaban J connectivity index is 1.53. The Bertz CT molecular complexity index is 935. The van der Waals surface area contributed by atoms with Crippen LogP contribution in [0.25, 0.3) is 6.08 Å². The molecule has 0 heterocycles. The molecule has 3 aromatic rings. The molecule has 0 saturated heterocycles. The fourth-order valence-electron chi connectivity index (χ4n) is 2.48. The predicted molar refractivity (Wildman–Crippen MR) is 109 cm³/mol. The first-order valence-corrected chi connectivity index (χ1v) is 8.52. The zero-order chi connectivity index (χ0) is 19.1. The van der Waals surface area contributed by atoms with Gasteiger partial charge in [-0.1, -0.05) is 36.4 Å². The lowest BCUT2D eigenvalue weighted by Gasteiger charge is -2.07. The Kier molecular flexibility index (Phi) is 5.84. The van der Waals surface area contributed by atoms with Crippen molar-refractivity contribution in [3.05, 3.63) is 95.8 Å². The van der Waals surface area contributed by atoms with E-state index in [1.807, 2.05) is 36.4 Å². The SMILES string of the molecule is Nc1ccccc1NC(=O)/C=C/c1ccc(CNc2ccc(F)cc2)cc1. The van der Waals surface area contributed by atoms with Gasteiger partial charge in [-0.2, -0.15) is 0 Å². The Morgan fingerprint density at radius 3 is 2.37 bits per heavy atom. The zero-order valence-corrected chi connectivity index (χ0v) is 14.7. The summed E-state index contributed by atoms with van der Waals surface area (Å²) in [5, 5.41) is 5.98. The average Bonchev–Trinajstić information content (AvgIpc) is 2.68. The third-order valence-electron chi connectivity index (χ3n) is 3.97. The van der Waals surface area contributed by atoms with Crippen molar-refractivity contribution in [1.82, 2.24) is 0 Å². The first-order valence-electron chi connectivity index (χ1n) is 8.52. The number of hydrogen-bond donors (Lipinski definition) is 3. The van der Waals surface area contributed by atoms with Crippen LogP contribution in [0.15, 0.2) is 78.9 Å². The lowest BCUT2D eigenvalue weighted by atomic mass is 10.1. The lowest BCUT2D eigenvalue weighted by Crippen LogP contribution is -2.09. The minimum atomic E-state index is -0.254. The van der Waals surface area contributed by atoms with Gasteiger partial charge in [0.2, 0.25) is 5.91 Å². The van der Waals surface area contributed by atoms with Crippen molar-refractivity contribution in [3.8, 4) is 0 Å². The summed E-state index contributed by atoms with van der Waals surface area (Å²) >= 11 is 0. The van der Waals surface area contributed by atoms with Crippen molar-refractivity contribution in [2.75, 3.05) is 16.4 Å². The second kappa shape index (κ2) is 8.67. The van der Waals surface area contributed by atoms with Gasteiger partial charge in [0.05, 0.1) is 11.4 Å². The number of amides is 1. The number of benzene rings is 3. The largest absolute Gasteiger partial charge is 0.397 e. The van der Waals surface area contributed by atoms with Gasteiger partial charge in [0, 0.05) is 18.3 Å². The van der Waals surface area contributed by atoms with E-state index in [9.17, 15) is 9.18 Å². The van der Waals surface area contributed by atoms with Crippen LogP contribution in [0.2, 0.25) is 0 Å². The van der Waals surface area contributed by atoms with Crippen molar-refractivity contribution >= 4 is 29.0 Å². The van der Waals surface area contributed by atoms with Crippen LogP contribution >= 0.6 is 0 Å². The van der Waals surface area contributed by atoms with Crippen molar-refractivity contribution in [2.24, 2.45) is 0 Å². The van der Waals surface area contributed by atoms with E-state index in [1.165, 1.54) is 18.2 Å². The molecule has 0 saturated carbocycles. The molecule has 4 N–H and O–H groups in total. The van der Waals surface area contributed by atoms with Gasteiger partial charge in [0.15, 0.2) is 0 Å². The summed E-state index contributed by atoms with van der Waals surface area (Å²) in [4.78, 5) is 12.0. The highest BCUT2D eigenvalue weighted by atomic mass is 19.1. The maximum absolute atomic E-state index is 12.9. The van der Waals surface area contributed by atoms with Crippen LogP contribution < -0.4 is 16.4 Å². The summed E-state index contributed by atoms with van der Waals surface area (Å²) in [6.07, 6.45) is 3.21. The molecule has 27 heavy (non-hydrogen) atoms. The predicted octanol–water partition coefficient (Wildman–Crippen LogP) is 4.67. The second-order valence-corrected chi connectivity index (χ2v) is 6.01. The van der Waals surface area contributed by atoms with E-state index < -0.39 is 0 Å². The number of halogens is 1. The molecule has 3 rings (SSSR count). The topological polar surface area (TPSA) is 67.1 Å².